The van der Waals surface area contributed by atoms with Gasteiger partial charge in [0.05, 0.1) is 12.0 Å². The van der Waals surface area contributed by atoms with E-state index in [2.05, 4.69) is 30.9 Å². The minimum atomic E-state index is -2.72. The van der Waals surface area contributed by atoms with Crippen molar-refractivity contribution < 1.29 is 4.57 Å². The zero-order valence-corrected chi connectivity index (χ0v) is 16.4. The number of aliphatic imine (C=N–C) groups is 1. The molecule has 0 aromatic heterocycles. The predicted octanol–water partition coefficient (Wildman–Crippen LogP) is 5.70. The van der Waals surface area contributed by atoms with Crippen LogP contribution >= 0.6 is 18.0 Å². The molecule has 0 aliphatic rings. The molecule has 0 fully saturated rings. The van der Waals surface area contributed by atoms with Crippen molar-refractivity contribution in [1.82, 2.24) is 9.76 Å². The average molecular weight is 355 g/mol. The van der Waals surface area contributed by atoms with E-state index < -0.39 is 6.65 Å². The first-order chi connectivity index (χ1) is 11.1. The summed E-state index contributed by atoms with van der Waals surface area (Å²) in [6.45, 7) is 7.11. The summed E-state index contributed by atoms with van der Waals surface area (Å²) < 4.78 is 15.4. The second-order valence-corrected chi connectivity index (χ2v) is 10.5. The summed E-state index contributed by atoms with van der Waals surface area (Å²) in [5, 5.41) is 3.56. The largest absolute Gasteiger partial charge is 0.293 e. The van der Waals surface area contributed by atoms with E-state index in [0.29, 0.717) is 11.8 Å². The van der Waals surface area contributed by atoms with Gasteiger partial charge in [-0.25, -0.2) is 10.1 Å². The second kappa shape index (κ2) is 10.9. The van der Waals surface area contributed by atoms with Crippen LogP contribution in [0.15, 0.2) is 35.3 Å². The zero-order chi connectivity index (χ0) is 17.1. The highest BCUT2D eigenvalue weighted by Gasteiger charge is 2.30. The Bertz CT molecular complexity index is 510. The van der Waals surface area contributed by atoms with Crippen molar-refractivity contribution in [3.63, 3.8) is 0 Å². The molecular formula is C17H30N3OPS. The fraction of sp³-hybridized carbons (Fsp3) is 0.588. The molecule has 0 saturated heterocycles. The first kappa shape index (κ1) is 20.3. The van der Waals surface area contributed by atoms with Gasteiger partial charge in [-0.3, -0.25) is 9.24 Å². The molecule has 0 saturated carbocycles. The number of para-hydroxylation sites is 1. The van der Waals surface area contributed by atoms with Crippen molar-refractivity contribution in [3.8, 4) is 0 Å². The predicted molar refractivity (Wildman–Crippen MR) is 105 cm³/mol. The van der Waals surface area contributed by atoms with Gasteiger partial charge in [0.1, 0.15) is 0 Å². The summed E-state index contributed by atoms with van der Waals surface area (Å²) in [5.74, 6) is 0. The van der Waals surface area contributed by atoms with Gasteiger partial charge in [0.25, 0.3) is 6.65 Å². The molecule has 0 aliphatic heterocycles. The lowest BCUT2D eigenvalue weighted by Gasteiger charge is -2.31. The molecule has 1 aromatic rings. The molecule has 130 valence electrons. The number of hydrogen-bond acceptors (Lipinski definition) is 3. The van der Waals surface area contributed by atoms with Gasteiger partial charge < -0.3 is 0 Å². The molecule has 1 aromatic carbocycles. The quantitative estimate of drug-likeness (QED) is 0.314. The molecule has 2 unspecified atom stereocenters. The van der Waals surface area contributed by atoms with Gasteiger partial charge in [-0.2, -0.15) is 0 Å². The molecule has 0 radical (unpaired) electrons. The van der Waals surface area contributed by atoms with Crippen LogP contribution in [0.1, 0.15) is 47.0 Å². The monoisotopic (exact) mass is 355 g/mol. The third kappa shape index (κ3) is 7.11. The van der Waals surface area contributed by atoms with Crippen LogP contribution in [0.3, 0.4) is 0 Å². The van der Waals surface area contributed by atoms with Crippen molar-refractivity contribution >= 4 is 30.1 Å². The van der Waals surface area contributed by atoms with Crippen molar-refractivity contribution in [3.05, 3.63) is 30.3 Å². The normalized spacial score (nSPS) is 15.5. The van der Waals surface area contributed by atoms with Crippen molar-refractivity contribution in [2.75, 3.05) is 13.1 Å². The van der Waals surface area contributed by atoms with Gasteiger partial charge in [-0.15, -0.1) is 0 Å². The number of rotatable bonds is 11. The van der Waals surface area contributed by atoms with Crippen LogP contribution in [0.2, 0.25) is 0 Å². The Kier molecular flexibility index (Phi) is 9.61. The molecule has 6 heteroatoms. The van der Waals surface area contributed by atoms with Gasteiger partial charge in [0.15, 0.2) is 0 Å². The third-order valence-corrected chi connectivity index (χ3v) is 9.06. The minimum absolute atomic E-state index is 0.342. The van der Waals surface area contributed by atoms with Crippen LogP contribution in [0.25, 0.3) is 0 Å². The van der Waals surface area contributed by atoms with E-state index >= 15 is 0 Å². The van der Waals surface area contributed by atoms with Crippen LogP contribution in [0.5, 0.6) is 0 Å². The molecule has 0 heterocycles. The number of nitrogens with one attached hydrogen (secondary N) is 1. The fourth-order valence-corrected chi connectivity index (χ4v) is 7.19. The minimum Gasteiger partial charge on any atom is -0.293 e. The Morgan fingerprint density at radius 2 is 2.00 bits per heavy atom. The summed E-state index contributed by atoms with van der Waals surface area (Å²) in [6.07, 6.45) is 4.81. The summed E-state index contributed by atoms with van der Waals surface area (Å²) in [6, 6.07) is 9.79. The lowest BCUT2D eigenvalue weighted by atomic mass is 10.3. The summed E-state index contributed by atoms with van der Waals surface area (Å²) >= 11 is 1.54. The average Bonchev–Trinajstić information content (AvgIpc) is 2.55. The maximum absolute atomic E-state index is 13.5. The molecule has 1 rings (SSSR count). The molecule has 4 nitrogen and oxygen atoms in total. The SMILES string of the molecule is CCCCN(C=Nc1ccccc1)P(=O)(NCC)SC(C)CC. The molecule has 1 N–H and O–H groups in total. The Hall–Kier alpha value is -0.770. The van der Waals surface area contributed by atoms with Crippen LogP contribution < -0.4 is 5.09 Å². The fourth-order valence-electron chi connectivity index (χ4n) is 1.93. The smallest absolute Gasteiger partial charge is 0.293 e. The number of nitrogens with zero attached hydrogens (tertiary/aromatic N) is 2. The van der Waals surface area contributed by atoms with Crippen LogP contribution in [0.4, 0.5) is 5.69 Å². The molecule has 23 heavy (non-hydrogen) atoms. The van der Waals surface area contributed by atoms with E-state index in [1.807, 2.05) is 41.9 Å². The van der Waals surface area contributed by atoms with Crippen molar-refractivity contribution in [1.29, 1.82) is 0 Å². The lowest BCUT2D eigenvalue weighted by molar-refractivity contribution is 0.514. The van der Waals surface area contributed by atoms with E-state index in [0.717, 1.165) is 31.5 Å². The number of benzene rings is 1. The number of hydrogen-bond donors (Lipinski definition) is 1. The first-order valence-corrected chi connectivity index (χ1v) is 11.6. The van der Waals surface area contributed by atoms with Crippen LogP contribution in [-0.2, 0) is 4.57 Å². The van der Waals surface area contributed by atoms with Crippen LogP contribution in [0, 0.1) is 0 Å². The summed E-state index contributed by atoms with van der Waals surface area (Å²) in [5.41, 5.74) is 0.880. The zero-order valence-electron chi connectivity index (χ0n) is 14.7. The third-order valence-electron chi connectivity index (χ3n) is 3.43. The highest BCUT2D eigenvalue weighted by molar-refractivity contribution is 8.57. The standard InChI is InChI=1S/C17H30N3OPS/c1-5-8-14-20(15-18-17-12-10-9-11-13-17)22(21,19-7-3)23-16(4)6-2/h9-13,15-16H,5-8,14H2,1-4H3,(H,19,21). The molecule has 2 atom stereocenters. The van der Waals surface area contributed by atoms with Gasteiger partial charge >= 0.3 is 0 Å². The number of unbranched alkanes of at least 4 members (excludes halogenated alkanes) is 1. The Balaban J connectivity index is 2.99. The van der Waals surface area contributed by atoms with Gasteiger partial charge in [-0.1, -0.05) is 63.7 Å². The topological polar surface area (TPSA) is 44.7 Å². The van der Waals surface area contributed by atoms with E-state index in [4.69, 9.17) is 0 Å². The van der Waals surface area contributed by atoms with E-state index in [-0.39, 0.29) is 0 Å². The lowest BCUT2D eigenvalue weighted by Crippen LogP contribution is -2.27. The molecular weight excluding hydrogens is 325 g/mol. The van der Waals surface area contributed by atoms with Crippen LogP contribution in [-0.4, -0.2) is 29.3 Å². The Morgan fingerprint density at radius 3 is 2.57 bits per heavy atom. The van der Waals surface area contributed by atoms with E-state index in [1.165, 1.54) is 0 Å². The van der Waals surface area contributed by atoms with Gasteiger partial charge in [0.2, 0.25) is 0 Å². The second-order valence-electron chi connectivity index (χ2n) is 5.45. The maximum atomic E-state index is 13.5. The maximum Gasteiger partial charge on any atom is 0.293 e. The molecule has 0 spiro atoms. The summed E-state index contributed by atoms with van der Waals surface area (Å²) in [7, 11) is 0. The van der Waals surface area contributed by atoms with Crippen molar-refractivity contribution in [2.45, 2.75) is 52.2 Å². The van der Waals surface area contributed by atoms with Gasteiger partial charge in [-0.05, 0) is 25.0 Å². The Labute approximate surface area is 145 Å². The molecule has 0 amide bonds. The highest BCUT2D eigenvalue weighted by Crippen LogP contribution is 2.59. The molecule has 0 bridgehead atoms. The van der Waals surface area contributed by atoms with E-state index in [9.17, 15) is 4.57 Å². The van der Waals surface area contributed by atoms with E-state index in [1.54, 1.807) is 17.7 Å². The Morgan fingerprint density at radius 1 is 1.30 bits per heavy atom. The van der Waals surface area contributed by atoms with Gasteiger partial charge in [0, 0.05) is 18.3 Å². The van der Waals surface area contributed by atoms with Crippen molar-refractivity contribution in [2.24, 2.45) is 4.99 Å². The highest BCUT2D eigenvalue weighted by atomic mass is 32.7. The first-order valence-electron chi connectivity index (χ1n) is 8.45. The molecule has 0 aliphatic carbocycles. The summed E-state index contributed by atoms with van der Waals surface area (Å²) in [4.78, 5) is 4.52.